The summed E-state index contributed by atoms with van der Waals surface area (Å²) in [5, 5.41) is 14.0. The van der Waals surface area contributed by atoms with E-state index in [9.17, 15) is 14.4 Å². The molecule has 0 aromatic heterocycles. The summed E-state index contributed by atoms with van der Waals surface area (Å²) in [7, 11) is 0. The van der Waals surface area contributed by atoms with E-state index in [2.05, 4.69) is 10.6 Å². The third-order valence-electron chi connectivity index (χ3n) is 3.34. The van der Waals surface area contributed by atoms with Crippen LogP contribution in [0.1, 0.15) is 25.3 Å². The molecule has 0 spiro atoms. The van der Waals surface area contributed by atoms with Crippen molar-refractivity contribution in [2.24, 2.45) is 5.73 Å². The van der Waals surface area contributed by atoms with Crippen molar-refractivity contribution < 1.29 is 19.5 Å². The van der Waals surface area contributed by atoms with Gasteiger partial charge in [-0.05, 0) is 12.0 Å². The van der Waals surface area contributed by atoms with Crippen molar-refractivity contribution in [3.05, 3.63) is 35.9 Å². The number of nitrogens with two attached hydrogens (primary N) is 1. The standard InChI is InChI=1S/C16H23N3O4/c1-2-6-12(18-10-14(20)21)16(23)19-13(15(17)22)9-11-7-4-3-5-8-11/h3-5,7-8,12-13,18H,2,6,9-10H2,1H3,(H2,17,22)(H,19,23)(H,20,21)/t12-,13-/m0/s1. The summed E-state index contributed by atoms with van der Waals surface area (Å²) >= 11 is 0. The summed E-state index contributed by atoms with van der Waals surface area (Å²) in [6.07, 6.45) is 1.46. The molecule has 1 aromatic carbocycles. The number of nitrogens with one attached hydrogen (secondary N) is 2. The maximum Gasteiger partial charge on any atom is 0.317 e. The highest BCUT2D eigenvalue weighted by atomic mass is 16.4. The zero-order chi connectivity index (χ0) is 17.2. The van der Waals surface area contributed by atoms with E-state index in [0.29, 0.717) is 19.3 Å². The zero-order valence-electron chi connectivity index (χ0n) is 13.1. The first-order valence-corrected chi connectivity index (χ1v) is 7.52. The van der Waals surface area contributed by atoms with Crippen molar-refractivity contribution in [3.8, 4) is 0 Å². The number of benzene rings is 1. The number of amides is 2. The van der Waals surface area contributed by atoms with Crippen LogP contribution in [-0.4, -0.2) is 41.5 Å². The Balaban J connectivity index is 2.70. The van der Waals surface area contributed by atoms with Crippen LogP contribution in [0.4, 0.5) is 0 Å². The monoisotopic (exact) mass is 321 g/mol. The Hall–Kier alpha value is -2.41. The molecule has 7 heteroatoms. The molecule has 1 aromatic rings. The molecule has 23 heavy (non-hydrogen) atoms. The summed E-state index contributed by atoms with van der Waals surface area (Å²) in [5.74, 6) is -2.10. The summed E-state index contributed by atoms with van der Waals surface area (Å²) in [6.45, 7) is 1.57. The highest BCUT2D eigenvalue weighted by Gasteiger charge is 2.24. The van der Waals surface area contributed by atoms with E-state index in [1.54, 1.807) is 0 Å². The Kier molecular flexibility index (Phi) is 7.76. The number of carbonyl (C=O) groups excluding carboxylic acids is 2. The van der Waals surface area contributed by atoms with Gasteiger partial charge in [0.05, 0.1) is 12.6 Å². The number of rotatable bonds is 10. The van der Waals surface area contributed by atoms with Crippen LogP contribution < -0.4 is 16.4 Å². The molecular weight excluding hydrogens is 298 g/mol. The van der Waals surface area contributed by atoms with E-state index in [-0.39, 0.29) is 6.54 Å². The molecule has 0 aliphatic heterocycles. The lowest BCUT2D eigenvalue weighted by Crippen LogP contribution is -2.53. The average Bonchev–Trinajstić information content (AvgIpc) is 2.51. The van der Waals surface area contributed by atoms with Gasteiger partial charge in [0.25, 0.3) is 0 Å². The van der Waals surface area contributed by atoms with Crippen LogP contribution in [0.3, 0.4) is 0 Å². The van der Waals surface area contributed by atoms with E-state index < -0.39 is 29.9 Å². The fourth-order valence-electron chi connectivity index (χ4n) is 2.17. The summed E-state index contributed by atoms with van der Waals surface area (Å²) < 4.78 is 0. The van der Waals surface area contributed by atoms with E-state index >= 15 is 0 Å². The fraction of sp³-hybridized carbons (Fsp3) is 0.438. The first kappa shape index (κ1) is 18.6. The summed E-state index contributed by atoms with van der Waals surface area (Å²) in [4.78, 5) is 34.5. The average molecular weight is 321 g/mol. The minimum atomic E-state index is -1.05. The Morgan fingerprint density at radius 3 is 2.35 bits per heavy atom. The lowest BCUT2D eigenvalue weighted by atomic mass is 10.0. The maximum atomic E-state index is 12.3. The summed E-state index contributed by atoms with van der Waals surface area (Å²) in [6, 6.07) is 7.70. The predicted octanol–water partition coefficient (Wildman–Crippen LogP) is 0.0421. The molecule has 2 amide bonds. The second kappa shape index (κ2) is 9.58. The van der Waals surface area contributed by atoms with Gasteiger partial charge in [0, 0.05) is 6.42 Å². The minimum Gasteiger partial charge on any atom is -0.480 e. The van der Waals surface area contributed by atoms with Crippen molar-refractivity contribution in [3.63, 3.8) is 0 Å². The maximum absolute atomic E-state index is 12.3. The van der Waals surface area contributed by atoms with Crippen LogP contribution in [0.25, 0.3) is 0 Å². The van der Waals surface area contributed by atoms with Gasteiger partial charge in [-0.2, -0.15) is 0 Å². The number of carboxylic acids is 1. The van der Waals surface area contributed by atoms with Crippen molar-refractivity contribution in [2.45, 2.75) is 38.3 Å². The molecule has 0 fully saturated rings. The lowest BCUT2D eigenvalue weighted by Gasteiger charge is -2.21. The number of carbonyl (C=O) groups is 3. The van der Waals surface area contributed by atoms with Gasteiger partial charge in [-0.25, -0.2) is 0 Å². The van der Waals surface area contributed by atoms with Crippen LogP contribution in [0.5, 0.6) is 0 Å². The third kappa shape index (κ3) is 6.92. The van der Waals surface area contributed by atoms with Gasteiger partial charge in [-0.15, -0.1) is 0 Å². The second-order valence-electron chi connectivity index (χ2n) is 5.27. The second-order valence-corrected chi connectivity index (χ2v) is 5.27. The van der Waals surface area contributed by atoms with Crippen molar-refractivity contribution in [2.75, 3.05) is 6.54 Å². The zero-order valence-corrected chi connectivity index (χ0v) is 13.1. The molecule has 0 saturated heterocycles. The smallest absolute Gasteiger partial charge is 0.317 e. The van der Waals surface area contributed by atoms with E-state index in [1.807, 2.05) is 37.3 Å². The fourth-order valence-corrected chi connectivity index (χ4v) is 2.17. The number of hydrogen-bond donors (Lipinski definition) is 4. The Bertz CT molecular complexity index is 533. The van der Waals surface area contributed by atoms with E-state index in [4.69, 9.17) is 10.8 Å². The highest BCUT2D eigenvalue weighted by molar-refractivity contribution is 5.89. The molecule has 5 N–H and O–H groups in total. The first-order chi connectivity index (χ1) is 10.9. The Morgan fingerprint density at radius 1 is 1.17 bits per heavy atom. The number of hydrogen-bond acceptors (Lipinski definition) is 4. The topological polar surface area (TPSA) is 122 Å². The molecule has 0 bridgehead atoms. The van der Waals surface area contributed by atoms with Gasteiger partial charge in [-0.3, -0.25) is 19.7 Å². The quantitative estimate of drug-likeness (QED) is 0.485. The van der Waals surface area contributed by atoms with Gasteiger partial charge in [0.15, 0.2) is 0 Å². The van der Waals surface area contributed by atoms with Crippen molar-refractivity contribution in [1.82, 2.24) is 10.6 Å². The van der Waals surface area contributed by atoms with Crippen LogP contribution in [-0.2, 0) is 20.8 Å². The summed E-state index contributed by atoms with van der Waals surface area (Å²) in [5.41, 5.74) is 6.24. The van der Waals surface area contributed by atoms with Crippen LogP contribution in [0, 0.1) is 0 Å². The Labute approximate surface area is 135 Å². The molecule has 0 aliphatic rings. The van der Waals surface area contributed by atoms with Gasteiger partial charge < -0.3 is 16.2 Å². The van der Waals surface area contributed by atoms with Crippen LogP contribution >= 0.6 is 0 Å². The lowest BCUT2D eigenvalue weighted by molar-refractivity contribution is -0.136. The molecule has 0 heterocycles. The van der Waals surface area contributed by atoms with E-state index in [1.165, 1.54) is 0 Å². The molecule has 0 radical (unpaired) electrons. The van der Waals surface area contributed by atoms with Gasteiger partial charge in [0.2, 0.25) is 11.8 Å². The molecule has 0 saturated carbocycles. The van der Waals surface area contributed by atoms with Gasteiger partial charge in [-0.1, -0.05) is 43.7 Å². The van der Waals surface area contributed by atoms with Gasteiger partial charge in [0.1, 0.15) is 6.04 Å². The number of carboxylic acid groups (broad SMARTS) is 1. The normalized spacial score (nSPS) is 13.1. The molecule has 7 nitrogen and oxygen atoms in total. The molecule has 2 atom stereocenters. The first-order valence-electron chi connectivity index (χ1n) is 7.52. The SMILES string of the molecule is CCC[C@H](NCC(=O)O)C(=O)N[C@@H](Cc1ccccc1)C(N)=O. The molecule has 0 aliphatic carbocycles. The molecule has 1 rings (SSSR count). The van der Waals surface area contributed by atoms with Crippen molar-refractivity contribution in [1.29, 1.82) is 0 Å². The van der Waals surface area contributed by atoms with E-state index in [0.717, 1.165) is 5.56 Å². The van der Waals surface area contributed by atoms with Crippen LogP contribution in [0.2, 0.25) is 0 Å². The highest BCUT2D eigenvalue weighted by Crippen LogP contribution is 2.04. The van der Waals surface area contributed by atoms with Crippen molar-refractivity contribution >= 4 is 17.8 Å². The number of primary amides is 1. The largest absolute Gasteiger partial charge is 0.480 e. The van der Waals surface area contributed by atoms with Gasteiger partial charge >= 0.3 is 5.97 Å². The molecule has 126 valence electrons. The third-order valence-corrected chi connectivity index (χ3v) is 3.34. The molecular formula is C16H23N3O4. The minimum absolute atomic E-state index is 0.291. The van der Waals surface area contributed by atoms with Crippen LogP contribution in [0.15, 0.2) is 30.3 Å². The molecule has 0 unspecified atom stereocenters. The Morgan fingerprint density at radius 2 is 1.83 bits per heavy atom. The number of aliphatic carboxylic acids is 1. The predicted molar refractivity (Wildman–Crippen MR) is 85.6 cm³/mol.